The van der Waals surface area contributed by atoms with Crippen LogP contribution in [0.3, 0.4) is 0 Å². The average Bonchev–Trinajstić information content (AvgIpc) is 2.88. The van der Waals surface area contributed by atoms with Crippen molar-refractivity contribution in [3.8, 4) is 0 Å². The number of hydrogen-bond donors (Lipinski definition) is 4. The molecular weight excluding hydrogens is 476 g/mol. The molecule has 4 rings (SSSR count). The molecule has 1 fully saturated rings. The van der Waals surface area contributed by atoms with E-state index in [1.165, 1.54) is 17.8 Å². The number of nitrogens with one attached hydrogen (secondary N) is 3. The summed E-state index contributed by atoms with van der Waals surface area (Å²) in [5, 5.41) is 10.0. The molecule has 1 saturated carbocycles. The number of halogens is 1. The molecule has 1 heterocycles. The molecule has 186 valence electrons. The van der Waals surface area contributed by atoms with Gasteiger partial charge in [0.15, 0.2) is 5.82 Å². The van der Waals surface area contributed by atoms with E-state index in [2.05, 4.69) is 44.6 Å². The Morgan fingerprint density at radius 3 is 2.64 bits per heavy atom. The van der Waals surface area contributed by atoms with Crippen LogP contribution in [0.15, 0.2) is 67.4 Å². The number of carbonyl (C=O) groups is 2. The van der Waals surface area contributed by atoms with Gasteiger partial charge in [0.2, 0.25) is 17.8 Å². The molecule has 0 spiro atoms. The van der Waals surface area contributed by atoms with Crippen molar-refractivity contribution in [2.45, 2.75) is 44.2 Å². The van der Waals surface area contributed by atoms with E-state index in [0.29, 0.717) is 34.0 Å². The summed E-state index contributed by atoms with van der Waals surface area (Å²) in [5.74, 6) is 0.366. The maximum atomic E-state index is 12.2. The van der Waals surface area contributed by atoms with Crippen molar-refractivity contribution in [2.24, 2.45) is 5.73 Å². The van der Waals surface area contributed by atoms with Crippen LogP contribution in [0.4, 0.5) is 17.5 Å². The van der Waals surface area contributed by atoms with Crippen LogP contribution in [-0.2, 0) is 4.79 Å². The molecule has 1 aromatic heterocycles. The molecule has 9 heteroatoms. The van der Waals surface area contributed by atoms with E-state index in [0.717, 1.165) is 24.8 Å². The lowest BCUT2D eigenvalue weighted by Crippen LogP contribution is -2.49. The van der Waals surface area contributed by atoms with Crippen LogP contribution in [0.2, 0.25) is 5.02 Å². The van der Waals surface area contributed by atoms with Crippen LogP contribution >= 0.6 is 11.6 Å². The monoisotopic (exact) mass is 504 g/mol. The Hall–Kier alpha value is -3.91. The van der Waals surface area contributed by atoms with E-state index >= 15 is 0 Å². The van der Waals surface area contributed by atoms with Crippen LogP contribution in [0, 0.1) is 6.92 Å². The van der Waals surface area contributed by atoms with Gasteiger partial charge in [-0.25, -0.2) is 4.98 Å². The lowest BCUT2D eigenvalue weighted by Gasteiger charge is -2.37. The van der Waals surface area contributed by atoms with Gasteiger partial charge in [0, 0.05) is 23.3 Å². The minimum atomic E-state index is -0.517. The second-order valence-corrected chi connectivity index (χ2v) is 9.31. The number of hydrogen-bond acceptors (Lipinski definition) is 6. The zero-order valence-electron chi connectivity index (χ0n) is 20.0. The fourth-order valence-corrected chi connectivity index (χ4v) is 4.65. The van der Waals surface area contributed by atoms with Crippen molar-refractivity contribution in [2.75, 3.05) is 10.6 Å². The van der Waals surface area contributed by atoms with Crippen molar-refractivity contribution in [1.82, 2.24) is 15.3 Å². The number of benzene rings is 2. The van der Waals surface area contributed by atoms with E-state index in [1.807, 2.05) is 25.1 Å². The van der Waals surface area contributed by atoms with Crippen molar-refractivity contribution < 1.29 is 9.59 Å². The quantitative estimate of drug-likeness (QED) is 0.330. The summed E-state index contributed by atoms with van der Waals surface area (Å²) in [6.07, 6.45) is 5.33. The second-order valence-electron chi connectivity index (χ2n) is 8.90. The summed E-state index contributed by atoms with van der Waals surface area (Å²) < 4.78 is 0. The molecule has 0 saturated heterocycles. The third-order valence-electron chi connectivity index (χ3n) is 6.47. The fraction of sp³-hybridized carbons (Fsp3) is 0.259. The van der Waals surface area contributed by atoms with Crippen molar-refractivity contribution in [1.29, 1.82) is 0 Å². The lowest BCUT2D eigenvalue weighted by atomic mass is 9.78. The number of carbonyl (C=O) groups excluding carboxylic acids is 2. The summed E-state index contributed by atoms with van der Waals surface area (Å²) in [6, 6.07) is 15.2. The number of nitrogens with two attached hydrogens (primary N) is 1. The van der Waals surface area contributed by atoms with Gasteiger partial charge in [-0.15, -0.1) is 0 Å². The van der Waals surface area contributed by atoms with Gasteiger partial charge >= 0.3 is 0 Å². The predicted octanol–water partition coefficient (Wildman–Crippen LogP) is 4.70. The molecule has 2 aromatic carbocycles. The Kier molecular flexibility index (Phi) is 7.85. The highest BCUT2D eigenvalue weighted by molar-refractivity contribution is 6.32. The van der Waals surface area contributed by atoms with Crippen molar-refractivity contribution >= 4 is 40.9 Å². The normalized spacial score (nSPS) is 19.2. The molecule has 5 N–H and O–H groups in total. The number of anilines is 3. The van der Waals surface area contributed by atoms with Gasteiger partial charge in [-0.1, -0.05) is 54.6 Å². The van der Waals surface area contributed by atoms with Crippen molar-refractivity contribution in [3.63, 3.8) is 0 Å². The molecule has 0 aliphatic heterocycles. The molecular formula is C27H29ClN6O2. The van der Waals surface area contributed by atoms with Crippen LogP contribution in [0.1, 0.15) is 46.7 Å². The minimum Gasteiger partial charge on any atom is -0.366 e. The number of primary amides is 1. The summed E-state index contributed by atoms with van der Waals surface area (Å²) >= 11 is 6.44. The number of nitrogens with zero attached hydrogens (tertiary/aromatic N) is 2. The molecule has 1 aliphatic rings. The topological polar surface area (TPSA) is 122 Å². The molecule has 36 heavy (non-hydrogen) atoms. The first-order valence-electron chi connectivity index (χ1n) is 11.8. The van der Waals surface area contributed by atoms with Crippen LogP contribution in [-0.4, -0.2) is 33.9 Å². The first kappa shape index (κ1) is 25.2. The highest BCUT2D eigenvalue weighted by atomic mass is 35.5. The predicted molar refractivity (Wildman–Crippen MR) is 143 cm³/mol. The Morgan fingerprint density at radius 1 is 1.14 bits per heavy atom. The van der Waals surface area contributed by atoms with Crippen LogP contribution in [0.5, 0.6) is 0 Å². The summed E-state index contributed by atoms with van der Waals surface area (Å²) in [4.78, 5) is 32.6. The molecule has 3 unspecified atom stereocenters. The Bertz CT molecular complexity index is 1270. The van der Waals surface area contributed by atoms with Gasteiger partial charge in [-0.05, 0) is 61.4 Å². The minimum absolute atomic E-state index is 0.0889. The number of amides is 2. The zero-order chi connectivity index (χ0) is 25.7. The molecule has 3 aromatic rings. The smallest absolute Gasteiger partial charge is 0.248 e. The van der Waals surface area contributed by atoms with Gasteiger partial charge < -0.3 is 21.7 Å². The summed E-state index contributed by atoms with van der Waals surface area (Å²) in [7, 11) is 0. The average molecular weight is 505 g/mol. The largest absolute Gasteiger partial charge is 0.366 e. The Balaban J connectivity index is 1.54. The SMILES string of the molecule is C=CC(=O)NC1CC(c2ccccc2)CCC1Nc1nc(Nc2cc(C(N)=O)ccc2C)ncc1Cl. The van der Waals surface area contributed by atoms with E-state index in [4.69, 9.17) is 17.3 Å². The molecule has 2 amide bonds. The molecule has 0 radical (unpaired) electrons. The number of rotatable bonds is 8. The van der Waals surface area contributed by atoms with Gasteiger partial charge in [0.1, 0.15) is 5.02 Å². The first-order chi connectivity index (χ1) is 17.3. The zero-order valence-corrected chi connectivity index (χ0v) is 20.8. The highest BCUT2D eigenvalue weighted by Crippen LogP contribution is 2.35. The van der Waals surface area contributed by atoms with E-state index in [1.54, 1.807) is 18.2 Å². The number of aryl methyl sites for hydroxylation is 1. The van der Waals surface area contributed by atoms with Crippen LogP contribution in [0.25, 0.3) is 0 Å². The summed E-state index contributed by atoms with van der Waals surface area (Å²) in [5.41, 5.74) is 8.62. The lowest BCUT2D eigenvalue weighted by molar-refractivity contribution is -0.117. The van der Waals surface area contributed by atoms with Crippen LogP contribution < -0.4 is 21.7 Å². The van der Waals surface area contributed by atoms with Gasteiger partial charge in [-0.3, -0.25) is 9.59 Å². The van der Waals surface area contributed by atoms with Gasteiger partial charge in [-0.2, -0.15) is 4.98 Å². The summed E-state index contributed by atoms with van der Waals surface area (Å²) in [6.45, 7) is 5.49. The molecule has 3 atom stereocenters. The first-order valence-corrected chi connectivity index (χ1v) is 12.2. The third-order valence-corrected chi connectivity index (χ3v) is 6.75. The van der Waals surface area contributed by atoms with Crippen molar-refractivity contribution in [3.05, 3.63) is 89.1 Å². The maximum absolute atomic E-state index is 12.2. The Labute approximate surface area is 215 Å². The standard InChI is InChI=1S/C27H29ClN6O2/c1-3-24(35)31-23-13-18(17-7-5-4-6-8-17)11-12-21(23)32-26-20(28)15-30-27(34-26)33-22-14-19(25(29)36)10-9-16(22)2/h3-10,14-15,18,21,23H,1,11-13H2,2H3,(H2,29,36)(H,31,35)(H2,30,32,33,34). The fourth-order valence-electron chi connectivity index (χ4n) is 4.51. The van der Waals surface area contributed by atoms with Gasteiger partial charge in [0.25, 0.3) is 0 Å². The molecule has 1 aliphatic carbocycles. The van der Waals surface area contributed by atoms with E-state index in [-0.39, 0.29) is 18.0 Å². The Morgan fingerprint density at radius 2 is 1.92 bits per heavy atom. The maximum Gasteiger partial charge on any atom is 0.248 e. The molecule has 8 nitrogen and oxygen atoms in total. The number of aromatic nitrogens is 2. The van der Waals surface area contributed by atoms with Gasteiger partial charge in [0.05, 0.1) is 6.20 Å². The molecule has 0 bridgehead atoms. The van der Waals surface area contributed by atoms with E-state index < -0.39 is 5.91 Å². The van der Waals surface area contributed by atoms with E-state index in [9.17, 15) is 9.59 Å². The second kappa shape index (κ2) is 11.2. The third kappa shape index (κ3) is 6.01. The highest BCUT2D eigenvalue weighted by Gasteiger charge is 2.32.